The number of esters is 1. The summed E-state index contributed by atoms with van der Waals surface area (Å²) in [5, 5.41) is 0. The van der Waals surface area contributed by atoms with Crippen molar-refractivity contribution in [3.63, 3.8) is 0 Å². The molecule has 0 saturated carbocycles. The molecule has 0 heterocycles. The quantitative estimate of drug-likeness (QED) is 0.593. The zero-order valence-corrected chi connectivity index (χ0v) is 11.4. The first kappa shape index (κ1) is 14.4. The number of hydrogen-bond acceptors (Lipinski definition) is 3. The molecule has 0 atom stereocenters. The molecule has 0 bridgehead atoms. The van der Waals surface area contributed by atoms with E-state index in [1.54, 1.807) is 0 Å². The van der Waals surface area contributed by atoms with Crippen LogP contribution in [0.1, 0.15) is 54.1 Å². The number of carbonyl (C=O) groups is 2. The number of rotatable bonds is 5. The molecule has 3 heteroatoms. The van der Waals surface area contributed by atoms with E-state index in [-0.39, 0.29) is 24.6 Å². The van der Waals surface area contributed by atoms with Gasteiger partial charge in [0.1, 0.15) is 0 Å². The lowest BCUT2D eigenvalue weighted by molar-refractivity contribution is -0.140. The Bertz CT molecular complexity index is 447. The molecule has 0 aliphatic heterocycles. The van der Waals surface area contributed by atoms with Crippen LogP contribution in [0.25, 0.3) is 0 Å². The van der Waals surface area contributed by atoms with E-state index in [9.17, 15) is 9.59 Å². The first-order chi connectivity index (χ1) is 8.45. The molecule has 0 aromatic heterocycles. The van der Waals surface area contributed by atoms with Gasteiger partial charge in [-0.15, -0.1) is 0 Å². The van der Waals surface area contributed by atoms with Gasteiger partial charge in [-0.3, -0.25) is 9.59 Å². The third kappa shape index (κ3) is 3.69. The smallest absolute Gasteiger partial charge is 0.305 e. The molecule has 0 N–H and O–H groups in total. The maximum absolute atomic E-state index is 12.1. The SMILES string of the molecule is COC(=O)CCC(=O)c1cc(C(C)C)ccc1C. The van der Waals surface area contributed by atoms with Gasteiger partial charge in [-0.2, -0.15) is 0 Å². The van der Waals surface area contributed by atoms with Crippen LogP contribution in [0, 0.1) is 6.92 Å². The lowest BCUT2D eigenvalue weighted by Gasteiger charge is -2.10. The number of ether oxygens (including phenoxy) is 1. The van der Waals surface area contributed by atoms with Crippen molar-refractivity contribution in [3.8, 4) is 0 Å². The minimum Gasteiger partial charge on any atom is -0.469 e. The highest BCUT2D eigenvalue weighted by Crippen LogP contribution is 2.20. The molecule has 0 amide bonds. The summed E-state index contributed by atoms with van der Waals surface area (Å²) in [5.41, 5.74) is 2.81. The second-order valence-corrected chi connectivity index (χ2v) is 4.73. The lowest BCUT2D eigenvalue weighted by atomic mass is 9.94. The maximum Gasteiger partial charge on any atom is 0.305 e. The van der Waals surface area contributed by atoms with Crippen LogP contribution in [0.3, 0.4) is 0 Å². The van der Waals surface area contributed by atoms with Crippen molar-refractivity contribution in [1.82, 2.24) is 0 Å². The van der Waals surface area contributed by atoms with Gasteiger partial charge in [0, 0.05) is 12.0 Å². The van der Waals surface area contributed by atoms with Crippen LogP contribution in [0.15, 0.2) is 18.2 Å². The Morgan fingerprint density at radius 1 is 1.22 bits per heavy atom. The van der Waals surface area contributed by atoms with Crippen molar-refractivity contribution in [2.75, 3.05) is 7.11 Å². The third-order valence-electron chi connectivity index (χ3n) is 3.01. The van der Waals surface area contributed by atoms with E-state index in [0.29, 0.717) is 11.5 Å². The Hall–Kier alpha value is -1.64. The van der Waals surface area contributed by atoms with Crippen LogP contribution in [0.4, 0.5) is 0 Å². The number of Topliss-reactive ketones (excluding diaryl/α,β-unsaturated/α-hetero) is 1. The van der Waals surface area contributed by atoms with Gasteiger partial charge >= 0.3 is 5.97 Å². The van der Waals surface area contributed by atoms with Crippen LogP contribution < -0.4 is 0 Å². The first-order valence-electron chi connectivity index (χ1n) is 6.16. The summed E-state index contributed by atoms with van der Waals surface area (Å²) < 4.78 is 4.54. The van der Waals surface area contributed by atoms with Crippen molar-refractivity contribution in [2.45, 2.75) is 39.5 Å². The maximum atomic E-state index is 12.1. The molecule has 3 nitrogen and oxygen atoms in total. The lowest BCUT2D eigenvalue weighted by Crippen LogP contribution is -2.08. The van der Waals surface area contributed by atoms with Crippen molar-refractivity contribution < 1.29 is 14.3 Å². The van der Waals surface area contributed by atoms with E-state index in [1.807, 2.05) is 25.1 Å². The third-order valence-corrected chi connectivity index (χ3v) is 3.01. The topological polar surface area (TPSA) is 43.4 Å². The highest BCUT2D eigenvalue weighted by molar-refractivity contribution is 5.98. The minimum absolute atomic E-state index is 0.000370. The van der Waals surface area contributed by atoms with Gasteiger partial charge in [-0.05, 0) is 30.0 Å². The Morgan fingerprint density at radius 3 is 2.44 bits per heavy atom. The van der Waals surface area contributed by atoms with Crippen LogP contribution in [0.5, 0.6) is 0 Å². The van der Waals surface area contributed by atoms with Gasteiger partial charge in [0.2, 0.25) is 0 Å². The van der Waals surface area contributed by atoms with Gasteiger partial charge in [0.15, 0.2) is 5.78 Å². The molecular weight excluding hydrogens is 228 g/mol. The molecule has 0 unspecified atom stereocenters. The minimum atomic E-state index is -0.346. The normalized spacial score (nSPS) is 10.5. The average Bonchev–Trinajstić information content (AvgIpc) is 2.35. The molecule has 1 aromatic carbocycles. The highest BCUT2D eigenvalue weighted by atomic mass is 16.5. The van der Waals surface area contributed by atoms with Crippen molar-refractivity contribution in [1.29, 1.82) is 0 Å². The van der Waals surface area contributed by atoms with Gasteiger partial charge in [0.05, 0.1) is 13.5 Å². The summed E-state index contributed by atoms with van der Waals surface area (Å²) >= 11 is 0. The van der Waals surface area contributed by atoms with Gasteiger partial charge in [0.25, 0.3) is 0 Å². The second-order valence-electron chi connectivity index (χ2n) is 4.73. The zero-order valence-electron chi connectivity index (χ0n) is 11.4. The predicted octanol–water partition coefficient (Wildman–Crippen LogP) is 3.25. The summed E-state index contributed by atoms with van der Waals surface area (Å²) in [5.74, 6) is 0.0409. The van der Waals surface area contributed by atoms with Gasteiger partial charge in [-0.25, -0.2) is 0 Å². The summed E-state index contributed by atoms with van der Waals surface area (Å²) in [6.45, 7) is 6.09. The number of aryl methyl sites for hydroxylation is 1. The van der Waals surface area contributed by atoms with E-state index in [0.717, 1.165) is 11.1 Å². The summed E-state index contributed by atoms with van der Waals surface area (Å²) in [4.78, 5) is 23.1. The van der Waals surface area contributed by atoms with Crippen molar-refractivity contribution >= 4 is 11.8 Å². The number of carbonyl (C=O) groups excluding carboxylic acids is 2. The van der Waals surface area contributed by atoms with Crippen LogP contribution in [-0.2, 0) is 9.53 Å². The second kappa shape index (κ2) is 6.34. The monoisotopic (exact) mass is 248 g/mol. The van der Waals surface area contributed by atoms with Gasteiger partial charge in [-0.1, -0.05) is 26.0 Å². The number of benzene rings is 1. The fraction of sp³-hybridized carbons (Fsp3) is 0.467. The molecule has 1 aromatic rings. The summed E-state index contributed by atoms with van der Waals surface area (Å²) in [7, 11) is 1.33. The van der Waals surface area contributed by atoms with Crippen LogP contribution >= 0.6 is 0 Å². The molecule has 0 spiro atoms. The van der Waals surface area contributed by atoms with E-state index in [2.05, 4.69) is 18.6 Å². The van der Waals surface area contributed by atoms with Crippen LogP contribution in [0.2, 0.25) is 0 Å². The number of hydrogen-bond donors (Lipinski definition) is 0. The van der Waals surface area contributed by atoms with E-state index in [1.165, 1.54) is 7.11 Å². The molecular formula is C15H20O3. The van der Waals surface area contributed by atoms with Gasteiger partial charge < -0.3 is 4.74 Å². The molecule has 0 fully saturated rings. The van der Waals surface area contributed by atoms with E-state index < -0.39 is 0 Å². The number of ketones is 1. The molecule has 0 aliphatic carbocycles. The summed E-state index contributed by atoms with van der Waals surface area (Å²) in [6, 6.07) is 5.93. The van der Waals surface area contributed by atoms with E-state index >= 15 is 0 Å². The molecule has 98 valence electrons. The Morgan fingerprint density at radius 2 is 1.89 bits per heavy atom. The van der Waals surface area contributed by atoms with Crippen molar-refractivity contribution in [2.24, 2.45) is 0 Å². The molecule has 0 saturated heterocycles. The Labute approximate surface area is 108 Å². The molecule has 18 heavy (non-hydrogen) atoms. The largest absolute Gasteiger partial charge is 0.469 e. The standard InChI is InChI=1S/C15H20O3/c1-10(2)12-6-5-11(3)13(9-12)14(16)7-8-15(17)18-4/h5-6,9-10H,7-8H2,1-4H3. The summed E-state index contributed by atoms with van der Waals surface area (Å²) in [6.07, 6.45) is 0.343. The highest BCUT2D eigenvalue weighted by Gasteiger charge is 2.13. The molecule has 0 aliphatic rings. The van der Waals surface area contributed by atoms with Crippen molar-refractivity contribution in [3.05, 3.63) is 34.9 Å². The first-order valence-corrected chi connectivity index (χ1v) is 6.16. The zero-order chi connectivity index (χ0) is 13.7. The average molecular weight is 248 g/mol. The fourth-order valence-electron chi connectivity index (χ4n) is 1.75. The molecule has 0 radical (unpaired) electrons. The Kier molecular flexibility index (Phi) is 5.08. The van der Waals surface area contributed by atoms with E-state index in [4.69, 9.17) is 0 Å². The Balaban J connectivity index is 2.84. The molecule has 1 rings (SSSR count). The van der Waals surface area contributed by atoms with Crippen LogP contribution in [-0.4, -0.2) is 18.9 Å². The number of methoxy groups -OCH3 is 1. The predicted molar refractivity (Wildman–Crippen MR) is 70.8 cm³/mol. The fourth-order valence-corrected chi connectivity index (χ4v) is 1.75.